The maximum absolute atomic E-state index is 2.50. The van der Waals surface area contributed by atoms with Crippen molar-refractivity contribution in [1.82, 2.24) is 0 Å². The third-order valence-corrected chi connectivity index (χ3v) is 25.4. The van der Waals surface area contributed by atoms with Gasteiger partial charge in [-0.1, -0.05) is 337 Å². The summed E-state index contributed by atoms with van der Waals surface area (Å²) in [6, 6.07) is 154. The summed E-state index contributed by atoms with van der Waals surface area (Å²) in [7, 11) is 0. The molecule has 0 atom stereocenters. The van der Waals surface area contributed by atoms with Gasteiger partial charge in [-0.25, -0.2) is 0 Å². The zero-order valence-corrected chi connectivity index (χ0v) is 65.2. The van der Waals surface area contributed by atoms with Crippen LogP contribution in [0, 0.1) is 0 Å². The lowest BCUT2D eigenvalue weighted by atomic mass is 9.81. The number of benzene rings is 20. The monoisotopic (exact) mass is 1480 g/mol. The lowest BCUT2D eigenvalue weighted by Crippen LogP contribution is -2.17. The number of fused-ring (bicyclic) bond motifs is 14. The van der Waals surface area contributed by atoms with Crippen LogP contribution < -0.4 is 9.80 Å². The van der Waals surface area contributed by atoms with E-state index in [0.717, 1.165) is 61.9 Å². The van der Waals surface area contributed by atoms with Gasteiger partial charge in [0.05, 0.1) is 11.4 Å². The Morgan fingerprint density at radius 3 is 1.08 bits per heavy atom. The number of rotatable bonds is 13. The molecule has 0 aromatic heterocycles. The Balaban J connectivity index is 0.618. The van der Waals surface area contributed by atoms with Gasteiger partial charge in [-0.2, -0.15) is 0 Å². The first-order chi connectivity index (χ1) is 57.0. The number of hydrogen-bond donors (Lipinski definition) is 0. The molecule has 2 nitrogen and oxygen atoms in total. The lowest BCUT2D eigenvalue weighted by molar-refractivity contribution is 0.660. The second kappa shape index (κ2) is 27.2. The van der Waals surface area contributed by atoms with Crippen LogP contribution in [-0.2, 0) is 10.8 Å². The highest BCUT2D eigenvalue weighted by atomic mass is 15.2. The summed E-state index contributed by atoms with van der Waals surface area (Å²) in [6.45, 7) is 9.65. The molecule has 116 heavy (non-hydrogen) atoms. The van der Waals surface area contributed by atoms with Gasteiger partial charge in [0.2, 0.25) is 0 Å². The Bertz CT molecular complexity index is 7370. The van der Waals surface area contributed by atoms with Crippen LogP contribution in [0.4, 0.5) is 34.1 Å². The second-order valence-electron chi connectivity index (χ2n) is 32.7. The zero-order valence-electron chi connectivity index (χ0n) is 65.2. The molecule has 20 aromatic carbocycles. The van der Waals surface area contributed by atoms with Crippen molar-refractivity contribution in [2.45, 2.75) is 38.5 Å². The molecule has 0 amide bonds. The summed E-state index contributed by atoms with van der Waals surface area (Å²) in [4.78, 5) is 4.97. The van der Waals surface area contributed by atoms with Crippen molar-refractivity contribution in [2.75, 3.05) is 9.80 Å². The largest absolute Gasteiger partial charge is 0.310 e. The van der Waals surface area contributed by atoms with Crippen LogP contribution in [0.2, 0.25) is 0 Å². The molecule has 2 aliphatic carbocycles. The van der Waals surface area contributed by atoms with Gasteiger partial charge < -0.3 is 9.80 Å². The van der Waals surface area contributed by atoms with Gasteiger partial charge in [0, 0.05) is 44.7 Å². The van der Waals surface area contributed by atoms with Gasteiger partial charge in [0.25, 0.3) is 0 Å². The highest BCUT2D eigenvalue weighted by Crippen LogP contribution is 2.56. The van der Waals surface area contributed by atoms with E-state index >= 15 is 0 Å². The molecule has 0 fully saturated rings. The van der Waals surface area contributed by atoms with Crippen molar-refractivity contribution in [2.24, 2.45) is 0 Å². The van der Waals surface area contributed by atoms with E-state index < -0.39 is 0 Å². The van der Waals surface area contributed by atoms with E-state index in [1.807, 2.05) is 0 Å². The number of para-hydroxylation sites is 1. The summed E-state index contributed by atoms with van der Waals surface area (Å²) in [5.41, 5.74) is 33.1. The average Bonchev–Trinajstić information content (AvgIpc) is 1.56. The minimum atomic E-state index is -0.309. The van der Waals surface area contributed by atoms with Crippen molar-refractivity contribution >= 4 is 98.8 Å². The predicted octanol–water partition coefficient (Wildman–Crippen LogP) is 31.8. The van der Waals surface area contributed by atoms with E-state index in [1.165, 1.54) is 159 Å². The first-order valence-electron chi connectivity index (χ1n) is 40.6. The summed E-state index contributed by atoms with van der Waals surface area (Å²) in [5.74, 6) is 0. The van der Waals surface area contributed by atoms with Crippen molar-refractivity contribution in [3.05, 3.63) is 435 Å². The minimum Gasteiger partial charge on any atom is -0.310 e. The quantitative estimate of drug-likeness (QED) is 0.106. The molecule has 0 saturated heterocycles. The maximum Gasteiger partial charge on any atom is 0.0540 e. The van der Waals surface area contributed by atoms with E-state index in [0.29, 0.717) is 0 Å². The Morgan fingerprint density at radius 1 is 0.155 bits per heavy atom. The first kappa shape index (κ1) is 68.4. The number of nitrogens with zero attached hydrogens (tertiary/aromatic N) is 2. The Morgan fingerprint density at radius 2 is 0.509 bits per heavy atom. The normalized spacial score (nSPS) is 13.0. The highest BCUT2D eigenvalue weighted by molar-refractivity contribution is 6.16. The van der Waals surface area contributed by atoms with Crippen LogP contribution in [0.3, 0.4) is 0 Å². The number of anilines is 6. The van der Waals surface area contributed by atoms with E-state index in [2.05, 4.69) is 450 Å². The zero-order chi connectivity index (χ0) is 77.3. The van der Waals surface area contributed by atoms with Crippen molar-refractivity contribution in [3.63, 3.8) is 0 Å². The predicted molar refractivity (Wildman–Crippen MR) is 494 cm³/mol. The number of hydrogen-bond acceptors (Lipinski definition) is 2. The molecular weight excluding hydrogens is 1400 g/mol. The fourth-order valence-electron chi connectivity index (χ4n) is 19.5. The van der Waals surface area contributed by atoms with Gasteiger partial charge in [0.1, 0.15) is 0 Å². The van der Waals surface area contributed by atoms with Gasteiger partial charge in [-0.05, 0) is 279 Å². The van der Waals surface area contributed by atoms with E-state index in [1.54, 1.807) is 0 Å². The third kappa shape index (κ3) is 11.3. The van der Waals surface area contributed by atoms with Gasteiger partial charge in [-0.15, -0.1) is 0 Å². The van der Waals surface area contributed by atoms with Crippen molar-refractivity contribution in [3.8, 4) is 100 Å². The SMILES string of the molecule is CC1(C)c2cc(-c3cc4ccccc4c4ccccc34)ccc2-c2ccc(N(c3ccc(-c4cccc5cc(-c6ccc(N(c7ccc(-c8ccc9ccccc9c8)cc7)c7ccc8c(c7)C(C)(C)c7cc(-c9cc%10ccccc%10c%10ccccc9%10)ccc7-8)c(-c7ccccc7)c6)ccc45)cc3)c3ccccc3-c3ccccc3)cc21. The molecule has 0 unspecified atom stereocenters. The van der Waals surface area contributed by atoms with Crippen molar-refractivity contribution < 1.29 is 0 Å². The standard InChI is InChI=1S/C114H80N2/c1-113(2)107-69-85(104-67-83-30-13-15-33-92(83)96-36-17-19-38-98(96)104)49-59-100(107)102-61-56-89(71-109(102)113)115(111-41-22-21-35-95(111)75-25-7-5-8-26-75)88-54-46-77(47-55-88)91-40-23-32-82-65-80(48-58-94(82)91)81-51-63-112(106(66-81)76-27-9-6-10-28-76)116(87-52-44-74(45-53-87)79-43-42-73-24-11-12-29-78(73)64-79)90-57-62-103-101-60-50-86(70-108(101)114(3,4)110(103)72-90)105-68-84-31-14-16-34-93(84)97-37-18-20-39-99(97)105/h5-72H,1-4H3. The third-order valence-electron chi connectivity index (χ3n) is 25.4. The second-order valence-corrected chi connectivity index (χ2v) is 32.7. The Labute approximate surface area is 677 Å². The first-order valence-corrected chi connectivity index (χ1v) is 40.6. The molecule has 20 aromatic rings. The Kier molecular flexibility index (Phi) is 16.0. The van der Waals surface area contributed by atoms with Crippen LogP contribution in [-0.4, -0.2) is 0 Å². The summed E-state index contributed by atoms with van der Waals surface area (Å²) < 4.78 is 0. The van der Waals surface area contributed by atoms with Crippen LogP contribution in [0.25, 0.3) is 165 Å². The lowest BCUT2D eigenvalue weighted by Gasteiger charge is -2.30. The molecule has 546 valence electrons. The van der Waals surface area contributed by atoms with Crippen LogP contribution in [0.5, 0.6) is 0 Å². The van der Waals surface area contributed by atoms with E-state index in [4.69, 9.17) is 0 Å². The molecule has 22 rings (SSSR count). The molecule has 0 bridgehead atoms. The van der Waals surface area contributed by atoms with Crippen LogP contribution in [0.1, 0.15) is 49.9 Å². The van der Waals surface area contributed by atoms with Gasteiger partial charge >= 0.3 is 0 Å². The van der Waals surface area contributed by atoms with Crippen LogP contribution in [0.15, 0.2) is 413 Å². The minimum absolute atomic E-state index is 0.284. The summed E-state index contributed by atoms with van der Waals surface area (Å²) in [6.07, 6.45) is 0. The van der Waals surface area contributed by atoms with Gasteiger partial charge in [0.15, 0.2) is 0 Å². The smallest absolute Gasteiger partial charge is 0.0540 e. The van der Waals surface area contributed by atoms with E-state index in [-0.39, 0.29) is 10.8 Å². The molecule has 0 aliphatic heterocycles. The molecule has 0 N–H and O–H groups in total. The summed E-state index contributed by atoms with van der Waals surface area (Å²) in [5, 5.41) is 15.0. The maximum atomic E-state index is 2.50. The summed E-state index contributed by atoms with van der Waals surface area (Å²) >= 11 is 0. The average molecular weight is 1480 g/mol. The molecule has 0 saturated carbocycles. The topological polar surface area (TPSA) is 6.48 Å². The Hall–Kier alpha value is -14.4. The molecule has 2 aliphatic rings. The van der Waals surface area contributed by atoms with Crippen molar-refractivity contribution in [1.29, 1.82) is 0 Å². The fourth-order valence-corrected chi connectivity index (χ4v) is 19.5. The highest BCUT2D eigenvalue weighted by Gasteiger charge is 2.39. The van der Waals surface area contributed by atoms with Crippen LogP contribution >= 0.6 is 0 Å². The fraction of sp³-hybridized carbons (Fsp3) is 0.0526. The molecule has 0 spiro atoms. The molecule has 0 heterocycles. The molecular formula is C114H80N2. The molecule has 2 heteroatoms. The van der Waals surface area contributed by atoms with E-state index in [9.17, 15) is 0 Å². The molecule has 0 radical (unpaired) electrons. The van der Waals surface area contributed by atoms with Gasteiger partial charge in [-0.3, -0.25) is 0 Å².